The van der Waals surface area contributed by atoms with Gasteiger partial charge in [0, 0.05) is 18.8 Å². The van der Waals surface area contributed by atoms with Crippen LogP contribution in [-0.4, -0.2) is 29.3 Å². The average Bonchev–Trinajstić information content (AvgIpc) is 2.29. The van der Waals surface area contributed by atoms with Gasteiger partial charge >= 0.3 is 0 Å². The minimum Gasteiger partial charge on any atom is -0.388 e. The molecule has 1 rings (SSSR count). The Labute approximate surface area is 109 Å². The molecule has 3 heteroatoms. The summed E-state index contributed by atoms with van der Waals surface area (Å²) in [7, 11) is 0. The summed E-state index contributed by atoms with van der Waals surface area (Å²) in [5, 5.41) is 13.4. The van der Waals surface area contributed by atoms with Gasteiger partial charge in [-0.15, -0.1) is 0 Å². The molecule has 1 unspecified atom stereocenters. The monoisotopic (exact) mass is 253 g/mol. The molecule has 0 bridgehead atoms. The molecule has 0 fully saturated rings. The molecule has 1 atom stereocenters. The quantitative estimate of drug-likeness (QED) is 0.783. The van der Waals surface area contributed by atoms with Crippen molar-refractivity contribution in [2.75, 3.05) is 18.6 Å². The zero-order chi connectivity index (χ0) is 12.7. The third-order valence-electron chi connectivity index (χ3n) is 2.78. The maximum Gasteiger partial charge on any atom is 0.0833 e. The summed E-state index contributed by atoms with van der Waals surface area (Å²) < 4.78 is 0. The molecule has 0 saturated heterocycles. The van der Waals surface area contributed by atoms with Crippen LogP contribution in [0.3, 0.4) is 0 Å². The van der Waals surface area contributed by atoms with E-state index in [2.05, 4.69) is 36.5 Å². The van der Waals surface area contributed by atoms with Crippen LogP contribution in [0.1, 0.15) is 25.0 Å². The molecular weight excluding hydrogens is 230 g/mol. The second-order valence-electron chi connectivity index (χ2n) is 4.66. The number of thioether (sulfide) groups is 1. The first-order valence-corrected chi connectivity index (χ1v) is 7.47. The van der Waals surface area contributed by atoms with Crippen molar-refractivity contribution in [2.24, 2.45) is 0 Å². The lowest BCUT2D eigenvalue weighted by Gasteiger charge is -2.23. The fourth-order valence-electron chi connectivity index (χ4n) is 1.90. The first-order chi connectivity index (χ1) is 8.09. The van der Waals surface area contributed by atoms with E-state index in [1.807, 2.05) is 13.2 Å². The van der Waals surface area contributed by atoms with Gasteiger partial charge in [-0.1, -0.05) is 31.2 Å². The molecule has 0 saturated carbocycles. The van der Waals surface area contributed by atoms with Gasteiger partial charge < -0.3 is 10.4 Å². The molecule has 1 aromatic carbocycles. The SMILES string of the molecule is CCc1ccccc1CNCC(C)(O)CSC. The lowest BCUT2D eigenvalue weighted by atomic mass is 10.0. The van der Waals surface area contributed by atoms with Crippen LogP contribution in [0.25, 0.3) is 0 Å². The Balaban J connectivity index is 2.45. The maximum atomic E-state index is 10.0. The smallest absolute Gasteiger partial charge is 0.0833 e. The highest BCUT2D eigenvalue weighted by Gasteiger charge is 2.18. The first-order valence-electron chi connectivity index (χ1n) is 6.08. The van der Waals surface area contributed by atoms with Crippen molar-refractivity contribution in [2.45, 2.75) is 32.4 Å². The van der Waals surface area contributed by atoms with Crippen LogP contribution in [0, 0.1) is 0 Å². The zero-order valence-corrected chi connectivity index (χ0v) is 11.8. The summed E-state index contributed by atoms with van der Waals surface area (Å²) in [4.78, 5) is 0. The Kier molecular flexibility index (Phi) is 6.03. The van der Waals surface area contributed by atoms with Gasteiger partial charge in [0.15, 0.2) is 0 Å². The number of hydrogen-bond donors (Lipinski definition) is 2. The van der Waals surface area contributed by atoms with Crippen molar-refractivity contribution in [1.82, 2.24) is 5.32 Å². The molecule has 2 N–H and O–H groups in total. The van der Waals surface area contributed by atoms with Gasteiger partial charge in [0.2, 0.25) is 0 Å². The topological polar surface area (TPSA) is 32.3 Å². The number of rotatable bonds is 7. The Morgan fingerprint density at radius 2 is 1.94 bits per heavy atom. The maximum absolute atomic E-state index is 10.0. The first kappa shape index (κ1) is 14.6. The second kappa shape index (κ2) is 7.04. The summed E-state index contributed by atoms with van der Waals surface area (Å²) in [5.74, 6) is 0.759. The zero-order valence-electron chi connectivity index (χ0n) is 11.0. The predicted molar refractivity (Wildman–Crippen MR) is 76.5 cm³/mol. The molecular formula is C14H23NOS. The third kappa shape index (κ3) is 5.11. The molecule has 0 heterocycles. The minimum absolute atomic E-state index is 0.624. The Hall–Kier alpha value is -0.510. The van der Waals surface area contributed by atoms with E-state index in [4.69, 9.17) is 0 Å². The van der Waals surface area contributed by atoms with E-state index in [9.17, 15) is 5.11 Å². The van der Waals surface area contributed by atoms with E-state index in [1.54, 1.807) is 11.8 Å². The van der Waals surface area contributed by atoms with Crippen LogP contribution < -0.4 is 5.32 Å². The van der Waals surface area contributed by atoms with Crippen LogP contribution in [0.4, 0.5) is 0 Å². The van der Waals surface area contributed by atoms with E-state index in [0.29, 0.717) is 6.54 Å². The van der Waals surface area contributed by atoms with Crippen LogP contribution >= 0.6 is 11.8 Å². The highest BCUT2D eigenvalue weighted by atomic mass is 32.2. The summed E-state index contributed by atoms with van der Waals surface area (Å²) in [5.41, 5.74) is 2.08. The van der Waals surface area contributed by atoms with Gasteiger partial charge in [-0.3, -0.25) is 0 Å². The van der Waals surface area contributed by atoms with Crippen molar-refractivity contribution in [1.29, 1.82) is 0 Å². The minimum atomic E-state index is -0.624. The number of hydrogen-bond acceptors (Lipinski definition) is 3. The highest BCUT2D eigenvalue weighted by Crippen LogP contribution is 2.11. The lowest BCUT2D eigenvalue weighted by molar-refractivity contribution is 0.0845. The molecule has 0 amide bonds. The standard InChI is InChI=1S/C14H23NOS/c1-4-12-7-5-6-8-13(12)9-15-10-14(2,16)11-17-3/h5-8,15-16H,4,9-11H2,1-3H3. The molecule has 0 aliphatic rings. The predicted octanol–water partition coefficient (Wildman–Crippen LogP) is 2.45. The fraction of sp³-hybridized carbons (Fsp3) is 0.571. The summed E-state index contributed by atoms with van der Waals surface area (Å²) >= 11 is 1.67. The van der Waals surface area contributed by atoms with E-state index in [-0.39, 0.29) is 0 Å². The Morgan fingerprint density at radius 1 is 1.29 bits per heavy atom. The molecule has 17 heavy (non-hydrogen) atoms. The van der Waals surface area contributed by atoms with Crippen molar-refractivity contribution < 1.29 is 5.11 Å². The van der Waals surface area contributed by atoms with Gasteiger partial charge in [-0.05, 0) is 30.7 Å². The van der Waals surface area contributed by atoms with Crippen molar-refractivity contribution >= 4 is 11.8 Å². The lowest BCUT2D eigenvalue weighted by Crippen LogP contribution is -2.39. The van der Waals surface area contributed by atoms with Crippen molar-refractivity contribution in [3.63, 3.8) is 0 Å². The number of nitrogens with one attached hydrogen (secondary N) is 1. The van der Waals surface area contributed by atoms with Crippen LogP contribution in [0.2, 0.25) is 0 Å². The summed E-state index contributed by atoms with van der Waals surface area (Å²) in [6.45, 7) is 5.51. The van der Waals surface area contributed by atoms with Gasteiger partial charge in [0.25, 0.3) is 0 Å². The van der Waals surface area contributed by atoms with Crippen molar-refractivity contribution in [3.8, 4) is 0 Å². The number of benzene rings is 1. The van der Waals surface area contributed by atoms with Crippen LogP contribution in [0.15, 0.2) is 24.3 Å². The Bertz CT molecular complexity index is 339. The summed E-state index contributed by atoms with van der Waals surface area (Å²) in [6.07, 6.45) is 3.07. The normalized spacial score (nSPS) is 14.6. The van der Waals surface area contributed by atoms with Crippen molar-refractivity contribution in [3.05, 3.63) is 35.4 Å². The third-order valence-corrected chi connectivity index (χ3v) is 3.69. The van der Waals surface area contributed by atoms with E-state index < -0.39 is 5.60 Å². The molecule has 0 aromatic heterocycles. The second-order valence-corrected chi connectivity index (χ2v) is 5.52. The average molecular weight is 253 g/mol. The van der Waals surface area contributed by atoms with Gasteiger partial charge in [-0.25, -0.2) is 0 Å². The van der Waals surface area contributed by atoms with Gasteiger partial charge in [-0.2, -0.15) is 11.8 Å². The summed E-state index contributed by atoms with van der Waals surface area (Å²) in [6, 6.07) is 8.45. The molecule has 1 aromatic rings. The molecule has 0 aliphatic heterocycles. The van der Waals surface area contributed by atoms with Crippen LogP contribution in [0.5, 0.6) is 0 Å². The number of aliphatic hydroxyl groups is 1. The van der Waals surface area contributed by atoms with Gasteiger partial charge in [0.05, 0.1) is 5.60 Å². The largest absolute Gasteiger partial charge is 0.388 e. The fourth-order valence-corrected chi connectivity index (χ4v) is 2.63. The molecule has 2 nitrogen and oxygen atoms in total. The molecule has 96 valence electrons. The molecule has 0 aliphatic carbocycles. The highest BCUT2D eigenvalue weighted by molar-refractivity contribution is 7.98. The van der Waals surface area contributed by atoms with Gasteiger partial charge in [0.1, 0.15) is 0 Å². The number of aryl methyl sites for hydroxylation is 1. The molecule has 0 radical (unpaired) electrons. The van der Waals surface area contributed by atoms with E-state index in [1.165, 1.54) is 11.1 Å². The van der Waals surface area contributed by atoms with E-state index >= 15 is 0 Å². The van der Waals surface area contributed by atoms with E-state index in [0.717, 1.165) is 18.7 Å². The molecule has 0 spiro atoms. The van der Waals surface area contributed by atoms with Crippen LogP contribution in [-0.2, 0) is 13.0 Å². The Morgan fingerprint density at radius 3 is 2.53 bits per heavy atom.